The molecule has 0 atom stereocenters. The Bertz CT molecular complexity index is 446. The van der Waals surface area contributed by atoms with Crippen molar-refractivity contribution in [2.24, 2.45) is 0 Å². The van der Waals surface area contributed by atoms with Crippen LogP contribution in [0.1, 0.15) is 5.56 Å². The average molecular weight is 205 g/mol. The molecule has 0 saturated carbocycles. The number of hydrogen-bond acceptors (Lipinski definition) is 7. The van der Waals surface area contributed by atoms with E-state index in [-0.39, 0.29) is 4.73 Å². The van der Waals surface area contributed by atoms with E-state index >= 15 is 0 Å². The summed E-state index contributed by atoms with van der Waals surface area (Å²) in [6.07, 6.45) is 0. The molecule has 78 valence electrons. The first-order valence-corrected chi connectivity index (χ1v) is 3.35. The van der Waals surface area contributed by atoms with Gasteiger partial charge in [0, 0.05) is 0 Å². The van der Waals surface area contributed by atoms with Crippen molar-refractivity contribution in [2.45, 2.75) is 6.61 Å². The fourth-order valence-electron chi connectivity index (χ4n) is 0.864. The fourth-order valence-corrected chi connectivity index (χ4v) is 0.864. The number of aromatic amines is 1. The van der Waals surface area contributed by atoms with Crippen molar-refractivity contribution in [1.29, 1.82) is 0 Å². The van der Waals surface area contributed by atoms with Gasteiger partial charge in [-0.2, -0.15) is 0 Å². The molecule has 14 heavy (non-hydrogen) atoms. The quantitative estimate of drug-likeness (QED) is 0.274. The van der Waals surface area contributed by atoms with Crippen LogP contribution in [-0.2, 0) is 6.61 Å². The maximum atomic E-state index is 11.0. The molecular formula is C5H7N3O6. The van der Waals surface area contributed by atoms with Crippen molar-refractivity contribution < 1.29 is 20.7 Å². The predicted octanol–water partition coefficient (Wildman–Crippen LogP) is -2.15. The largest absolute Gasteiger partial charge is 0.421 e. The number of nitrogens with one attached hydrogen (secondary N) is 1. The molecule has 0 unspecified atom stereocenters. The molecule has 1 rings (SSSR count). The van der Waals surface area contributed by atoms with Gasteiger partial charge in [0.15, 0.2) is 5.82 Å². The molecule has 1 heterocycles. The summed E-state index contributed by atoms with van der Waals surface area (Å²) in [7, 11) is 0. The molecule has 1 aromatic rings. The molecule has 5 N–H and O–H groups in total. The van der Waals surface area contributed by atoms with Gasteiger partial charge in [-0.1, -0.05) is 4.73 Å². The Hall–Kier alpha value is -1.84. The number of aromatic nitrogens is 2. The van der Waals surface area contributed by atoms with Gasteiger partial charge in [-0.15, -0.1) is 5.23 Å². The van der Waals surface area contributed by atoms with Gasteiger partial charge in [0.25, 0.3) is 5.56 Å². The van der Waals surface area contributed by atoms with Crippen LogP contribution in [-0.4, -0.2) is 30.4 Å². The maximum absolute atomic E-state index is 11.0. The first-order valence-electron chi connectivity index (χ1n) is 3.35. The Morgan fingerprint density at radius 3 is 2.36 bits per heavy atom. The SMILES string of the molecule is O=c1[nH]c(N(O)O)c(CO)c(=O)n1O. The van der Waals surface area contributed by atoms with Gasteiger partial charge in [0.2, 0.25) is 0 Å². The van der Waals surface area contributed by atoms with Crippen LogP contribution in [0.5, 0.6) is 0 Å². The first kappa shape index (κ1) is 10.2. The lowest BCUT2D eigenvalue weighted by Crippen LogP contribution is -2.38. The molecule has 9 heteroatoms. The summed E-state index contributed by atoms with van der Waals surface area (Å²) in [5.74, 6) is -0.701. The summed E-state index contributed by atoms with van der Waals surface area (Å²) in [6.45, 7) is -0.872. The van der Waals surface area contributed by atoms with E-state index in [0.29, 0.717) is 0 Å². The van der Waals surface area contributed by atoms with Crippen LogP contribution in [0.4, 0.5) is 5.82 Å². The van der Waals surface area contributed by atoms with E-state index in [1.807, 2.05) is 0 Å². The van der Waals surface area contributed by atoms with Crippen molar-refractivity contribution in [2.75, 3.05) is 5.23 Å². The number of aliphatic hydroxyl groups is 1. The second-order valence-electron chi connectivity index (χ2n) is 2.32. The average Bonchev–Trinajstić information content (AvgIpc) is 2.13. The van der Waals surface area contributed by atoms with Crippen molar-refractivity contribution >= 4 is 5.82 Å². The third-order valence-corrected chi connectivity index (χ3v) is 1.51. The third kappa shape index (κ3) is 1.46. The monoisotopic (exact) mass is 205 g/mol. The second kappa shape index (κ2) is 3.49. The lowest BCUT2D eigenvalue weighted by atomic mass is 10.3. The van der Waals surface area contributed by atoms with E-state index in [4.69, 9.17) is 20.7 Å². The number of anilines is 1. The zero-order chi connectivity index (χ0) is 10.9. The van der Waals surface area contributed by atoms with E-state index in [1.165, 1.54) is 0 Å². The minimum atomic E-state index is -1.25. The number of nitrogens with zero attached hydrogens (tertiary/aromatic N) is 2. The molecule has 0 aliphatic heterocycles. The highest BCUT2D eigenvalue weighted by Gasteiger charge is 2.15. The van der Waals surface area contributed by atoms with Crippen LogP contribution in [0.3, 0.4) is 0 Å². The van der Waals surface area contributed by atoms with Crippen molar-refractivity contribution in [1.82, 2.24) is 9.71 Å². The van der Waals surface area contributed by atoms with Gasteiger partial charge in [0.05, 0.1) is 12.2 Å². The molecule has 0 amide bonds. The van der Waals surface area contributed by atoms with Gasteiger partial charge in [0.1, 0.15) is 0 Å². The number of hydrogen-bond donors (Lipinski definition) is 5. The Morgan fingerprint density at radius 2 is 1.93 bits per heavy atom. The Morgan fingerprint density at radius 1 is 1.36 bits per heavy atom. The molecule has 9 nitrogen and oxygen atoms in total. The minimum Gasteiger partial charge on any atom is -0.421 e. The number of aliphatic hydroxyl groups excluding tert-OH is 1. The van der Waals surface area contributed by atoms with Gasteiger partial charge in [-0.25, -0.2) is 4.79 Å². The van der Waals surface area contributed by atoms with Crippen LogP contribution in [0.25, 0.3) is 0 Å². The number of rotatable bonds is 2. The highest BCUT2D eigenvalue weighted by molar-refractivity contribution is 5.39. The Balaban J connectivity index is 3.61. The van der Waals surface area contributed by atoms with Gasteiger partial charge in [-0.05, 0) is 0 Å². The van der Waals surface area contributed by atoms with E-state index in [1.54, 1.807) is 4.98 Å². The van der Waals surface area contributed by atoms with E-state index in [0.717, 1.165) is 0 Å². The molecule has 0 bridgehead atoms. The molecular weight excluding hydrogens is 198 g/mol. The van der Waals surface area contributed by atoms with Crippen molar-refractivity contribution in [3.8, 4) is 0 Å². The molecule has 0 radical (unpaired) electrons. The summed E-state index contributed by atoms with van der Waals surface area (Å²) in [6, 6.07) is 0. The highest BCUT2D eigenvalue weighted by atomic mass is 16.8. The Kier molecular flexibility index (Phi) is 2.56. The molecule has 1 aromatic heterocycles. The van der Waals surface area contributed by atoms with Crippen LogP contribution in [0, 0.1) is 0 Å². The summed E-state index contributed by atoms with van der Waals surface area (Å²) in [5, 5.41) is 34.0. The lowest BCUT2D eigenvalue weighted by molar-refractivity contribution is 0.0242. The molecule has 0 spiro atoms. The molecule has 0 saturated heterocycles. The van der Waals surface area contributed by atoms with Crippen LogP contribution in [0.2, 0.25) is 0 Å². The zero-order valence-electron chi connectivity index (χ0n) is 6.71. The van der Waals surface area contributed by atoms with Gasteiger partial charge < -0.3 is 10.3 Å². The predicted molar refractivity (Wildman–Crippen MR) is 40.5 cm³/mol. The smallest absolute Gasteiger partial charge is 0.363 e. The van der Waals surface area contributed by atoms with Crippen molar-refractivity contribution in [3.63, 3.8) is 0 Å². The third-order valence-electron chi connectivity index (χ3n) is 1.51. The summed E-state index contributed by atoms with van der Waals surface area (Å²) in [5.41, 5.74) is -3.05. The fraction of sp³-hybridized carbons (Fsp3) is 0.200. The Labute approximate surface area is 75.6 Å². The van der Waals surface area contributed by atoms with Crippen molar-refractivity contribution in [3.05, 3.63) is 26.4 Å². The maximum Gasteiger partial charge on any atom is 0.363 e. The lowest BCUT2D eigenvalue weighted by Gasteiger charge is -2.10. The second-order valence-corrected chi connectivity index (χ2v) is 2.32. The van der Waals surface area contributed by atoms with E-state index in [2.05, 4.69) is 0 Å². The van der Waals surface area contributed by atoms with Crippen LogP contribution >= 0.6 is 0 Å². The summed E-state index contributed by atoms with van der Waals surface area (Å²) < 4.78 is -0.293. The van der Waals surface area contributed by atoms with Crippen LogP contribution in [0.15, 0.2) is 9.59 Å². The minimum absolute atomic E-state index is 0.293. The standard InChI is InChI=1S/C5H7N3O6/c9-1-2-3(8(13)14)6-5(11)7(12)4(2)10/h9,12-14H,1H2,(H,6,11). The molecule has 0 aliphatic rings. The zero-order valence-corrected chi connectivity index (χ0v) is 6.71. The van der Waals surface area contributed by atoms with Gasteiger partial charge in [-0.3, -0.25) is 20.2 Å². The topological polar surface area (TPSA) is 139 Å². The molecule has 0 fully saturated rings. The first-order chi connectivity index (χ1) is 6.49. The number of H-pyrrole nitrogens is 1. The summed E-state index contributed by atoms with van der Waals surface area (Å²) in [4.78, 5) is 23.5. The van der Waals surface area contributed by atoms with Crippen LogP contribution < -0.4 is 16.5 Å². The highest BCUT2D eigenvalue weighted by Crippen LogP contribution is 2.07. The summed E-state index contributed by atoms with van der Waals surface area (Å²) >= 11 is 0. The van der Waals surface area contributed by atoms with E-state index in [9.17, 15) is 9.59 Å². The normalized spacial score (nSPS) is 10.2. The van der Waals surface area contributed by atoms with E-state index < -0.39 is 34.5 Å². The molecule has 0 aromatic carbocycles. The van der Waals surface area contributed by atoms with Gasteiger partial charge >= 0.3 is 5.69 Å². The molecule has 0 aliphatic carbocycles.